The molecule has 0 saturated heterocycles. The van der Waals surface area contributed by atoms with Gasteiger partial charge in [-0.3, -0.25) is 4.79 Å². The number of hydrogen-bond acceptors (Lipinski definition) is 4. The van der Waals surface area contributed by atoms with E-state index in [9.17, 15) is 9.90 Å². The van der Waals surface area contributed by atoms with E-state index < -0.39 is 5.41 Å². The molecule has 0 bridgehead atoms. The number of ether oxygens (including phenoxy) is 1. The number of allylic oxidation sites excluding steroid dienone is 1. The van der Waals surface area contributed by atoms with Crippen molar-refractivity contribution in [3.63, 3.8) is 0 Å². The summed E-state index contributed by atoms with van der Waals surface area (Å²) in [5, 5.41) is 10.8. The summed E-state index contributed by atoms with van der Waals surface area (Å²) in [5.41, 5.74) is 0.680. The Morgan fingerprint density at radius 2 is 1.84 bits per heavy atom. The van der Waals surface area contributed by atoms with Crippen molar-refractivity contribution in [2.45, 2.75) is 13.8 Å². The monoisotopic (exact) mass is 283 g/mol. The number of carbonyl (C=O) groups excluding carboxylic acids is 1. The maximum atomic E-state index is 12.0. The summed E-state index contributed by atoms with van der Waals surface area (Å²) in [6.45, 7) is 3.55. The van der Waals surface area contributed by atoms with Gasteiger partial charge in [0.1, 0.15) is 5.75 Å². The molecule has 19 heavy (non-hydrogen) atoms. The predicted molar refractivity (Wildman–Crippen MR) is 66.4 cm³/mol. The number of rotatable bonds is 2. The van der Waals surface area contributed by atoms with Gasteiger partial charge in [-0.05, 0) is 43.7 Å². The number of carbonyl (C=O) groups is 1. The third kappa shape index (κ3) is 3.00. The van der Waals surface area contributed by atoms with Crippen LogP contribution in [0.25, 0.3) is 0 Å². The first-order valence-electron chi connectivity index (χ1n) is 5.61. The zero-order valence-corrected chi connectivity index (χ0v) is 14.7. The van der Waals surface area contributed by atoms with Gasteiger partial charge in [0.2, 0.25) is 0 Å². The third-order valence-corrected chi connectivity index (χ3v) is 3.10. The fourth-order valence-corrected chi connectivity index (χ4v) is 1.99. The summed E-state index contributed by atoms with van der Waals surface area (Å²) in [6, 6.07) is 7.27. The number of hydrogen-bond donors (Lipinski definition) is 0. The van der Waals surface area contributed by atoms with E-state index in [4.69, 9.17) is 4.74 Å². The summed E-state index contributed by atoms with van der Waals surface area (Å²) in [5.74, 6) is 0.504. The van der Waals surface area contributed by atoms with E-state index in [1.807, 2.05) is 12.1 Å². The van der Waals surface area contributed by atoms with Crippen molar-refractivity contribution in [3.8, 4) is 5.75 Å². The van der Waals surface area contributed by atoms with Crippen LogP contribution in [0.3, 0.4) is 0 Å². The van der Waals surface area contributed by atoms with Crippen molar-refractivity contribution in [3.05, 3.63) is 41.8 Å². The van der Waals surface area contributed by atoms with E-state index in [1.54, 1.807) is 33.1 Å². The number of benzene rings is 1. The van der Waals surface area contributed by atoms with Gasteiger partial charge in [-0.1, -0.05) is 0 Å². The molecule has 0 radical (unpaired) electrons. The zero-order chi connectivity index (χ0) is 13.3. The van der Waals surface area contributed by atoms with Crippen LogP contribution in [0.2, 0.25) is 0 Å². The Kier molecular flexibility index (Phi) is 5.52. The summed E-state index contributed by atoms with van der Waals surface area (Å²) in [7, 11) is 1.59. The van der Waals surface area contributed by atoms with E-state index in [2.05, 4.69) is 4.99 Å². The van der Waals surface area contributed by atoms with Crippen LogP contribution in [-0.4, -0.2) is 18.6 Å². The summed E-state index contributed by atoms with van der Waals surface area (Å²) < 4.78 is 5.08. The van der Waals surface area contributed by atoms with Gasteiger partial charge in [-0.2, -0.15) is 0 Å². The molecule has 1 aliphatic heterocycles. The van der Waals surface area contributed by atoms with Crippen LogP contribution in [0, 0.1) is 5.41 Å². The third-order valence-electron chi connectivity index (χ3n) is 3.10. The summed E-state index contributed by atoms with van der Waals surface area (Å²) >= 11 is 0. The van der Waals surface area contributed by atoms with Crippen molar-refractivity contribution in [2.75, 3.05) is 7.11 Å². The molecule has 1 heterocycles. The first-order valence-corrected chi connectivity index (χ1v) is 5.61. The quantitative estimate of drug-likeness (QED) is 0.369. The molecule has 0 saturated carbocycles. The minimum Gasteiger partial charge on any atom is -0.876 e. The first kappa shape index (κ1) is 16.6. The van der Waals surface area contributed by atoms with Crippen LogP contribution < -0.4 is 61.2 Å². The van der Waals surface area contributed by atoms with Gasteiger partial charge in [0.25, 0.3) is 0 Å². The average molecular weight is 283 g/mol. The van der Waals surface area contributed by atoms with E-state index in [1.165, 1.54) is 0 Å². The van der Waals surface area contributed by atoms with Crippen LogP contribution in [0.1, 0.15) is 19.4 Å². The van der Waals surface area contributed by atoms with Crippen molar-refractivity contribution in [1.29, 1.82) is 0 Å². The summed E-state index contributed by atoms with van der Waals surface area (Å²) in [4.78, 5) is 16.1. The molecule has 0 amide bonds. The Balaban J connectivity index is 0.00000180. The predicted octanol–water partition coefficient (Wildman–Crippen LogP) is -1.70. The SMILES string of the molecule is COc1ccc(C2=N/C(=C\[O-])C(=O)C2(C)C)cc1.[K+]. The fraction of sp³-hybridized carbons (Fsp3) is 0.286. The van der Waals surface area contributed by atoms with Gasteiger partial charge in [-0.15, -0.1) is 6.26 Å². The second-order valence-electron chi connectivity index (χ2n) is 4.65. The van der Waals surface area contributed by atoms with Crippen LogP contribution >= 0.6 is 0 Å². The average Bonchev–Trinajstić information content (AvgIpc) is 2.61. The molecule has 0 N–H and O–H groups in total. The van der Waals surface area contributed by atoms with Gasteiger partial charge in [0.05, 0.1) is 23.9 Å². The number of Topliss-reactive ketones (excluding diaryl/α,β-unsaturated/α-hetero) is 1. The Hall–Kier alpha value is -0.464. The molecule has 0 fully saturated rings. The minimum atomic E-state index is -0.759. The maximum absolute atomic E-state index is 12.0. The van der Waals surface area contributed by atoms with E-state index in [-0.39, 0.29) is 62.9 Å². The second kappa shape index (κ2) is 6.32. The molecule has 0 aliphatic carbocycles. The standard InChI is InChI=1S/C14H15NO3.K/c1-14(2)12(15-11(8-16)13(14)17)9-4-6-10(18-3)7-5-9;/h4-8,16H,1-3H3;/q;+1/p-1/b11-8-;. The van der Waals surface area contributed by atoms with Gasteiger partial charge < -0.3 is 9.84 Å². The van der Waals surface area contributed by atoms with Gasteiger partial charge in [-0.25, -0.2) is 4.99 Å². The van der Waals surface area contributed by atoms with Crippen LogP contribution in [0.15, 0.2) is 41.2 Å². The normalized spacial score (nSPS) is 19.0. The molecule has 4 nitrogen and oxygen atoms in total. The molecule has 0 atom stereocenters. The molecule has 1 aromatic carbocycles. The molecule has 1 aliphatic rings. The van der Waals surface area contributed by atoms with Gasteiger partial charge in [0, 0.05) is 0 Å². The Labute approximate surface area is 155 Å². The van der Waals surface area contributed by atoms with Crippen molar-refractivity contribution in [2.24, 2.45) is 10.4 Å². The van der Waals surface area contributed by atoms with Crippen molar-refractivity contribution in [1.82, 2.24) is 0 Å². The molecule has 2 rings (SSSR count). The van der Waals surface area contributed by atoms with Crippen LogP contribution in [0.4, 0.5) is 0 Å². The number of methoxy groups -OCH3 is 1. The molecular weight excluding hydrogens is 269 g/mol. The Bertz CT molecular complexity index is 544. The molecule has 94 valence electrons. The topological polar surface area (TPSA) is 61.7 Å². The van der Waals surface area contributed by atoms with Crippen molar-refractivity contribution < 1.29 is 66.0 Å². The number of aliphatic imine (C=N–C) groups is 1. The van der Waals surface area contributed by atoms with Crippen LogP contribution in [0.5, 0.6) is 5.75 Å². The maximum Gasteiger partial charge on any atom is 1.00 e. The van der Waals surface area contributed by atoms with E-state index in [0.29, 0.717) is 12.0 Å². The van der Waals surface area contributed by atoms with Crippen molar-refractivity contribution >= 4 is 11.5 Å². The number of nitrogens with zero attached hydrogens (tertiary/aromatic N) is 1. The van der Waals surface area contributed by atoms with Gasteiger partial charge in [0.15, 0.2) is 5.78 Å². The first-order chi connectivity index (χ1) is 8.50. The van der Waals surface area contributed by atoms with E-state index >= 15 is 0 Å². The molecule has 5 heteroatoms. The fourth-order valence-electron chi connectivity index (χ4n) is 1.99. The molecular formula is C14H14KNO3. The van der Waals surface area contributed by atoms with E-state index in [0.717, 1.165) is 11.3 Å². The Morgan fingerprint density at radius 3 is 2.26 bits per heavy atom. The van der Waals surface area contributed by atoms with Crippen LogP contribution in [-0.2, 0) is 4.79 Å². The second-order valence-corrected chi connectivity index (χ2v) is 4.65. The van der Waals surface area contributed by atoms with Gasteiger partial charge >= 0.3 is 51.4 Å². The number of ketones is 1. The summed E-state index contributed by atoms with van der Waals surface area (Å²) in [6.07, 6.45) is 0.514. The largest absolute Gasteiger partial charge is 1.00 e. The molecule has 0 aromatic heterocycles. The molecule has 1 aromatic rings. The molecule has 0 unspecified atom stereocenters. The minimum absolute atomic E-state index is 0. The Morgan fingerprint density at radius 1 is 1.26 bits per heavy atom. The zero-order valence-electron chi connectivity index (χ0n) is 11.6. The molecule has 0 spiro atoms. The smallest absolute Gasteiger partial charge is 0.876 e.